The summed E-state index contributed by atoms with van der Waals surface area (Å²) in [5.41, 5.74) is 0. The van der Waals surface area contributed by atoms with Crippen LogP contribution in [0.3, 0.4) is 0 Å². The number of carbonyl (C=O) groups is 1. The van der Waals surface area contributed by atoms with Gasteiger partial charge in [-0.25, -0.2) is 0 Å². The van der Waals surface area contributed by atoms with E-state index < -0.39 is 0 Å². The van der Waals surface area contributed by atoms with Gasteiger partial charge in [-0.1, -0.05) is 64.7 Å². The summed E-state index contributed by atoms with van der Waals surface area (Å²) in [5.74, 6) is 2.56. The maximum atomic E-state index is 10.1. The fourth-order valence-electron chi connectivity index (χ4n) is 2.23. The monoisotopic (exact) mass is 286 g/mol. The van der Waals surface area contributed by atoms with Crippen LogP contribution < -0.4 is 0 Å². The minimum atomic E-state index is 0.749. The SMILES string of the molecule is CCCCCCCCCCCCSCCCCC=O. The second kappa shape index (κ2) is 18.0. The highest BCUT2D eigenvalue weighted by Gasteiger charge is 1.94. The predicted molar refractivity (Wildman–Crippen MR) is 89.1 cm³/mol. The maximum Gasteiger partial charge on any atom is 0.119 e. The van der Waals surface area contributed by atoms with E-state index in [4.69, 9.17) is 0 Å². The van der Waals surface area contributed by atoms with Crippen molar-refractivity contribution in [1.82, 2.24) is 0 Å². The summed E-state index contributed by atoms with van der Waals surface area (Å²) in [4.78, 5) is 10.1. The molecule has 0 fully saturated rings. The molecule has 0 rings (SSSR count). The fourth-order valence-corrected chi connectivity index (χ4v) is 3.25. The molecule has 0 unspecified atom stereocenters. The van der Waals surface area contributed by atoms with Crippen molar-refractivity contribution in [2.24, 2.45) is 0 Å². The molecule has 2 heteroatoms. The fraction of sp³-hybridized carbons (Fsp3) is 0.941. The summed E-state index contributed by atoms with van der Waals surface area (Å²) in [7, 11) is 0. The Morgan fingerprint density at radius 2 is 1.16 bits per heavy atom. The van der Waals surface area contributed by atoms with Crippen molar-refractivity contribution in [3.05, 3.63) is 0 Å². The Bertz CT molecular complexity index is 171. The van der Waals surface area contributed by atoms with Gasteiger partial charge in [0.1, 0.15) is 6.29 Å². The lowest BCUT2D eigenvalue weighted by Gasteiger charge is -2.03. The Balaban J connectivity index is 2.89. The first-order valence-corrected chi connectivity index (χ1v) is 9.58. The molecular formula is C17H34OS. The van der Waals surface area contributed by atoms with Gasteiger partial charge >= 0.3 is 0 Å². The lowest BCUT2D eigenvalue weighted by molar-refractivity contribution is -0.107. The molecule has 0 aromatic carbocycles. The molecule has 0 saturated heterocycles. The summed E-state index contributed by atoms with van der Waals surface area (Å²) in [6.07, 6.45) is 18.3. The van der Waals surface area contributed by atoms with E-state index in [0.717, 1.165) is 19.1 Å². The van der Waals surface area contributed by atoms with E-state index >= 15 is 0 Å². The molecule has 0 bridgehead atoms. The van der Waals surface area contributed by atoms with Crippen LogP contribution in [0.25, 0.3) is 0 Å². The first-order valence-electron chi connectivity index (χ1n) is 8.43. The number of thioether (sulfide) groups is 1. The van der Waals surface area contributed by atoms with E-state index in [1.165, 1.54) is 82.1 Å². The third kappa shape index (κ3) is 18.0. The van der Waals surface area contributed by atoms with E-state index in [1.807, 2.05) is 0 Å². The number of hydrogen-bond donors (Lipinski definition) is 0. The van der Waals surface area contributed by atoms with Gasteiger partial charge in [0.25, 0.3) is 0 Å². The van der Waals surface area contributed by atoms with E-state index in [-0.39, 0.29) is 0 Å². The molecule has 0 heterocycles. The highest BCUT2D eigenvalue weighted by molar-refractivity contribution is 7.99. The molecule has 0 aliphatic heterocycles. The zero-order valence-corrected chi connectivity index (χ0v) is 13.8. The second-order valence-electron chi connectivity index (χ2n) is 5.46. The molecule has 0 atom stereocenters. The Hall–Kier alpha value is 0.0200. The summed E-state index contributed by atoms with van der Waals surface area (Å²) in [6.45, 7) is 2.28. The minimum absolute atomic E-state index is 0.749. The maximum absolute atomic E-state index is 10.1. The first kappa shape index (κ1) is 19.0. The summed E-state index contributed by atoms with van der Waals surface area (Å²) < 4.78 is 0. The Morgan fingerprint density at radius 1 is 0.684 bits per heavy atom. The molecule has 0 aliphatic rings. The van der Waals surface area contributed by atoms with Crippen molar-refractivity contribution in [3.8, 4) is 0 Å². The minimum Gasteiger partial charge on any atom is -0.303 e. The van der Waals surface area contributed by atoms with Crippen molar-refractivity contribution in [2.45, 2.75) is 90.4 Å². The van der Waals surface area contributed by atoms with Crippen LogP contribution in [0.1, 0.15) is 90.4 Å². The third-order valence-electron chi connectivity index (χ3n) is 3.50. The van der Waals surface area contributed by atoms with Gasteiger partial charge in [0.15, 0.2) is 0 Å². The first-order chi connectivity index (χ1) is 9.41. The van der Waals surface area contributed by atoms with Crippen LogP contribution >= 0.6 is 11.8 Å². The van der Waals surface area contributed by atoms with Crippen molar-refractivity contribution in [3.63, 3.8) is 0 Å². The van der Waals surface area contributed by atoms with Gasteiger partial charge in [0.2, 0.25) is 0 Å². The van der Waals surface area contributed by atoms with Crippen LogP contribution in [0, 0.1) is 0 Å². The quantitative estimate of drug-likeness (QED) is 0.255. The Labute approximate surface area is 125 Å². The van der Waals surface area contributed by atoms with E-state index in [1.54, 1.807) is 0 Å². The summed E-state index contributed by atoms with van der Waals surface area (Å²) in [5, 5.41) is 0. The molecule has 0 amide bonds. The van der Waals surface area contributed by atoms with Crippen LogP contribution in [0.5, 0.6) is 0 Å². The Morgan fingerprint density at radius 3 is 1.68 bits per heavy atom. The molecule has 0 N–H and O–H groups in total. The molecule has 0 aromatic rings. The van der Waals surface area contributed by atoms with Gasteiger partial charge in [-0.15, -0.1) is 0 Å². The number of rotatable bonds is 16. The van der Waals surface area contributed by atoms with Crippen LogP contribution in [-0.2, 0) is 4.79 Å². The number of unbranched alkanes of at least 4 members (excludes halogenated alkanes) is 11. The van der Waals surface area contributed by atoms with Crippen LogP contribution in [0.15, 0.2) is 0 Å². The van der Waals surface area contributed by atoms with Gasteiger partial charge in [-0.3, -0.25) is 0 Å². The van der Waals surface area contributed by atoms with Gasteiger partial charge in [-0.2, -0.15) is 11.8 Å². The average molecular weight is 287 g/mol. The van der Waals surface area contributed by atoms with Crippen molar-refractivity contribution in [1.29, 1.82) is 0 Å². The summed E-state index contributed by atoms with van der Waals surface area (Å²) >= 11 is 2.07. The van der Waals surface area contributed by atoms with Crippen molar-refractivity contribution >= 4 is 18.0 Å². The third-order valence-corrected chi connectivity index (χ3v) is 4.66. The normalized spacial score (nSPS) is 10.8. The average Bonchev–Trinajstić information content (AvgIpc) is 2.43. The highest BCUT2D eigenvalue weighted by atomic mass is 32.2. The standard InChI is InChI=1S/C17H34OS/c1-2-3-4-5-6-7-8-9-10-13-16-19-17-14-11-12-15-18/h15H,2-14,16-17H2,1H3. The molecule has 0 spiro atoms. The molecule has 0 saturated carbocycles. The smallest absolute Gasteiger partial charge is 0.119 e. The van der Waals surface area contributed by atoms with Crippen LogP contribution in [0.4, 0.5) is 0 Å². The van der Waals surface area contributed by atoms with Crippen molar-refractivity contribution < 1.29 is 4.79 Å². The molecule has 19 heavy (non-hydrogen) atoms. The van der Waals surface area contributed by atoms with E-state index in [9.17, 15) is 4.79 Å². The number of hydrogen-bond acceptors (Lipinski definition) is 2. The van der Waals surface area contributed by atoms with E-state index in [0.29, 0.717) is 0 Å². The zero-order chi connectivity index (χ0) is 14.0. The van der Waals surface area contributed by atoms with Gasteiger partial charge in [0.05, 0.1) is 0 Å². The second-order valence-corrected chi connectivity index (χ2v) is 6.68. The van der Waals surface area contributed by atoms with Crippen LogP contribution in [0.2, 0.25) is 0 Å². The number of carbonyl (C=O) groups excluding carboxylic acids is 1. The van der Waals surface area contributed by atoms with Crippen LogP contribution in [-0.4, -0.2) is 17.8 Å². The lowest BCUT2D eigenvalue weighted by atomic mass is 10.1. The summed E-state index contributed by atoms with van der Waals surface area (Å²) in [6, 6.07) is 0. The molecule has 1 nitrogen and oxygen atoms in total. The zero-order valence-electron chi connectivity index (χ0n) is 13.0. The topological polar surface area (TPSA) is 17.1 Å². The molecule has 0 aromatic heterocycles. The van der Waals surface area contributed by atoms with Gasteiger partial charge in [0, 0.05) is 6.42 Å². The Kier molecular flexibility index (Phi) is 18.0. The molecule has 0 radical (unpaired) electrons. The molecular weight excluding hydrogens is 252 g/mol. The van der Waals surface area contributed by atoms with Gasteiger partial charge < -0.3 is 4.79 Å². The molecule has 0 aliphatic carbocycles. The highest BCUT2D eigenvalue weighted by Crippen LogP contribution is 2.13. The van der Waals surface area contributed by atoms with E-state index in [2.05, 4.69) is 18.7 Å². The van der Waals surface area contributed by atoms with Crippen molar-refractivity contribution in [2.75, 3.05) is 11.5 Å². The molecule has 114 valence electrons. The lowest BCUT2D eigenvalue weighted by Crippen LogP contribution is -1.87. The predicted octanol–water partition coefficient (Wildman–Crippen LogP) is 6.01. The number of aldehydes is 1. The largest absolute Gasteiger partial charge is 0.303 e. The van der Waals surface area contributed by atoms with Gasteiger partial charge in [-0.05, 0) is 30.8 Å².